The van der Waals surface area contributed by atoms with Crippen molar-refractivity contribution in [1.82, 2.24) is 4.90 Å². The van der Waals surface area contributed by atoms with Gasteiger partial charge >= 0.3 is 16.5 Å². The molecule has 4 rings (SSSR count). The van der Waals surface area contributed by atoms with E-state index in [4.69, 9.17) is 14.5 Å². The number of aliphatic carboxylic acids is 1. The van der Waals surface area contributed by atoms with Crippen molar-refractivity contribution >= 4 is 23.3 Å². The minimum atomic E-state index is -1.41. The Bertz CT molecular complexity index is 1390. The Morgan fingerprint density at radius 2 is 1.63 bits per heavy atom. The van der Waals surface area contributed by atoms with E-state index in [9.17, 15) is 20.1 Å². The number of hydrogen-bond donors (Lipinski definition) is 1. The van der Waals surface area contributed by atoms with E-state index in [1.807, 2.05) is 30.3 Å². The van der Waals surface area contributed by atoms with Gasteiger partial charge in [-0.1, -0.05) is 67.1 Å². The minimum Gasteiger partial charge on any atom is -0.861 e. The Morgan fingerprint density at radius 3 is 2.28 bits per heavy atom. The first kappa shape index (κ1) is 33.8. The van der Waals surface area contributed by atoms with Crippen LogP contribution < -0.4 is 19.7 Å². The molecule has 3 aromatic rings. The second-order valence-corrected chi connectivity index (χ2v) is 10.2. The fourth-order valence-corrected chi connectivity index (χ4v) is 5.42. The molecule has 10 heteroatoms. The molecule has 0 unspecified atom stereocenters. The molecule has 43 heavy (non-hydrogen) atoms. The topological polar surface area (TPSA) is 130 Å². The van der Waals surface area contributed by atoms with Crippen molar-refractivity contribution in [3.8, 4) is 11.5 Å². The third kappa shape index (κ3) is 8.66. The average Bonchev–Trinajstić information content (AvgIpc) is 3.01. The molecule has 1 fully saturated rings. The van der Waals surface area contributed by atoms with Gasteiger partial charge in [-0.25, -0.2) is 0 Å². The van der Waals surface area contributed by atoms with Crippen LogP contribution in [0.4, 0.5) is 5.69 Å². The molecule has 0 bridgehead atoms. The SMILES string of the molecule is COc1cccc([C@H](CCO)[C@@H](N=C(c2ccccc2)c2ccccc2N=C([O-])CN2CCCCC2)C(=O)[O-])c1OC.[Ni+2]. The monoisotopic (exact) mass is 629 g/mol. The number of benzene rings is 3. The third-order valence-corrected chi connectivity index (χ3v) is 7.42. The van der Waals surface area contributed by atoms with Crippen LogP contribution >= 0.6 is 0 Å². The van der Waals surface area contributed by atoms with E-state index in [1.54, 1.807) is 42.5 Å². The van der Waals surface area contributed by atoms with Crippen LogP contribution in [0, 0.1) is 0 Å². The summed E-state index contributed by atoms with van der Waals surface area (Å²) in [5.74, 6) is -1.71. The smallest absolute Gasteiger partial charge is 0.861 e. The number of aliphatic hydroxyl groups excluding tert-OH is 1. The van der Waals surface area contributed by atoms with Gasteiger partial charge in [-0.2, -0.15) is 0 Å². The summed E-state index contributed by atoms with van der Waals surface area (Å²) in [6.07, 6.45) is 3.37. The first-order valence-electron chi connectivity index (χ1n) is 14.2. The molecule has 1 saturated heterocycles. The summed E-state index contributed by atoms with van der Waals surface area (Å²) in [5.41, 5.74) is 2.43. The van der Waals surface area contributed by atoms with E-state index in [2.05, 4.69) is 9.89 Å². The minimum absolute atomic E-state index is 0. The van der Waals surface area contributed by atoms with E-state index in [1.165, 1.54) is 20.6 Å². The maximum absolute atomic E-state index is 13.0. The first-order valence-corrected chi connectivity index (χ1v) is 14.2. The summed E-state index contributed by atoms with van der Waals surface area (Å²) in [6, 6.07) is 20.0. The largest absolute Gasteiger partial charge is 2.00 e. The van der Waals surface area contributed by atoms with Crippen molar-refractivity contribution in [2.45, 2.75) is 37.6 Å². The Labute approximate surface area is 262 Å². The van der Waals surface area contributed by atoms with Crippen molar-refractivity contribution in [2.24, 2.45) is 9.98 Å². The van der Waals surface area contributed by atoms with Gasteiger partial charge in [0.1, 0.15) is 0 Å². The molecule has 0 saturated carbocycles. The fourth-order valence-electron chi connectivity index (χ4n) is 5.42. The summed E-state index contributed by atoms with van der Waals surface area (Å²) in [7, 11) is 2.97. The van der Waals surface area contributed by atoms with E-state index in [-0.39, 0.29) is 42.0 Å². The zero-order valence-electron chi connectivity index (χ0n) is 24.4. The fraction of sp³-hybridized carbons (Fsp3) is 0.364. The summed E-state index contributed by atoms with van der Waals surface area (Å²) in [4.78, 5) is 24.1. The molecule has 0 aliphatic carbocycles. The molecule has 3 aromatic carbocycles. The number of hydrogen-bond acceptors (Lipinski definition) is 9. The number of likely N-dealkylation sites (tertiary alicyclic amines) is 1. The first-order chi connectivity index (χ1) is 20.5. The molecule has 0 amide bonds. The van der Waals surface area contributed by atoms with Gasteiger partial charge in [0.05, 0.1) is 37.6 Å². The number of carboxylic acid groups (broad SMARTS) is 1. The van der Waals surface area contributed by atoms with Crippen LogP contribution in [0.2, 0.25) is 0 Å². The standard InChI is InChI=1S/C33H39N3O6.Ni/c1-41-28-17-11-15-25(32(28)42-2)24(18-21-37)31(33(39)40)35-30(23-12-5-3-6-13-23)26-14-7-8-16-27(26)34-29(38)22-36-19-9-4-10-20-36;/h3,5-8,11-17,24,31,37H,4,9-10,18-22H2,1-2H3,(H,34,38)(H,39,40);/q;+2/p-2/t24-,31+;/m0./s1. The number of aliphatic hydroxyl groups is 1. The number of aliphatic imine (C=N–C) groups is 2. The molecule has 0 spiro atoms. The van der Waals surface area contributed by atoms with Crippen LogP contribution in [0.15, 0.2) is 82.8 Å². The molecule has 1 heterocycles. The number of carbonyl (C=O) groups is 1. The van der Waals surface area contributed by atoms with Crippen molar-refractivity contribution in [2.75, 3.05) is 40.5 Å². The quantitative estimate of drug-likeness (QED) is 0.175. The Kier molecular flexibility index (Phi) is 13.2. The average molecular weight is 630 g/mol. The molecular formula is C33H37N3NiO6. The van der Waals surface area contributed by atoms with Gasteiger partial charge in [0.25, 0.3) is 0 Å². The second kappa shape index (κ2) is 16.8. The Morgan fingerprint density at radius 1 is 0.930 bits per heavy atom. The number of methoxy groups -OCH3 is 2. The maximum atomic E-state index is 13.0. The van der Waals surface area contributed by atoms with Gasteiger partial charge in [-0.15, -0.1) is 0 Å². The second-order valence-electron chi connectivity index (χ2n) is 10.2. The van der Waals surface area contributed by atoms with Crippen LogP contribution in [0.5, 0.6) is 11.5 Å². The predicted octanol–water partition coefficient (Wildman–Crippen LogP) is 2.70. The van der Waals surface area contributed by atoms with Gasteiger partial charge in [0.2, 0.25) is 0 Å². The van der Waals surface area contributed by atoms with E-state index < -0.39 is 17.9 Å². The number of ether oxygens (including phenoxy) is 2. The van der Waals surface area contributed by atoms with Gasteiger partial charge in [-0.3, -0.25) is 14.9 Å². The van der Waals surface area contributed by atoms with Crippen molar-refractivity contribution in [1.29, 1.82) is 0 Å². The number of para-hydroxylation sites is 2. The van der Waals surface area contributed by atoms with Gasteiger partial charge in [-0.05, 0) is 50.4 Å². The maximum Gasteiger partial charge on any atom is 2.00 e. The van der Waals surface area contributed by atoms with Gasteiger partial charge in [0.15, 0.2) is 11.5 Å². The molecular weight excluding hydrogens is 593 g/mol. The number of carboxylic acids is 1. The van der Waals surface area contributed by atoms with Gasteiger partial charge in [0, 0.05) is 35.8 Å². The molecule has 9 nitrogen and oxygen atoms in total. The number of carbonyl (C=O) groups excluding carboxylic acids is 1. The molecule has 0 aromatic heterocycles. The molecule has 1 aliphatic heterocycles. The molecule has 0 radical (unpaired) electrons. The van der Waals surface area contributed by atoms with E-state index in [0.717, 1.165) is 25.9 Å². The zero-order valence-corrected chi connectivity index (χ0v) is 25.4. The molecule has 1 N–H and O–H groups in total. The van der Waals surface area contributed by atoms with Crippen LogP contribution in [0.1, 0.15) is 48.3 Å². The number of rotatable bonds is 13. The van der Waals surface area contributed by atoms with Crippen LogP contribution in [-0.2, 0) is 21.3 Å². The van der Waals surface area contributed by atoms with Crippen molar-refractivity contribution in [3.05, 3.63) is 89.5 Å². The molecule has 1 aliphatic rings. The van der Waals surface area contributed by atoms with Crippen molar-refractivity contribution in [3.63, 3.8) is 0 Å². The van der Waals surface area contributed by atoms with E-state index in [0.29, 0.717) is 39.6 Å². The van der Waals surface area contributed by atoms with Crippen LogP contribution in [0.25, 0.3) is 0 Å². The third-order valence-electron chi connectivity index (χ3n) is 7.42. The normalized spacial score (nSPS) is 15.7. The summed E-state index contributed by atoms with van der Waals surface area (Å²) < 4.78 is 11.0. The molecule has 2 atom stereocenters. The zero-order chi connectivity index (χ0) is 29.9. The number of nitrogens with zero attached hydrogens (tertiary/aromatic N) is 3. The predicted molar refractivity (Wildman–Crippen MR) is 159 cm³/mol. The molecule has 230 valence electrons. The Balaban J connectivity index is 0.00000506. The number of piperidine rings is 1. The summed E-state index contributed by atoms with van der Waals surface area (Å²) in [5, 5.41) is 35.8. The van der Waals surface area contributed by atoms with Crippen LogP contribution in [-0.4, -0.2) is 74.1 Å². The summed E-state index contributed by atoms with van der Waals surface area (Å²) in [6.45, 7) is 1.67. The summed E-state index contributed by atoms with van der Waals surface area (Å²) >= 11 is 0. The van der Waals surface area contributed by atoms with Crippen molar-refractivity contribution < 1.29 is 46.1 Å². The van der Waals surface area contributed by atoms with Crippen LogP contribution in [0.3, 0.4) is 0 Å². The van der Waals surface area contributed by atoms with Gasteiger partial charge < -0.3 is 29.6 Å². The van der Waals surface area contributed by atoms with E-state index >= 15 is 0 Å². The Hall–Kier alpha value is -3.72.